The number of nitrogens with one attached hydrogen (secondary N) is 1. The van der Waals surface area contributed by atoms with Gasteiger partial charge in [-0.1, -0.05) is 37.3 Å². The molecule has 0 saturated carbocycles. The van der Waals surface area contributed by atoms with Crippen LogP contribution in [0.4, 0.5) is 11.4 Å². The summed E-state index contributed by atoms with van der Waals surface area (Å²) in [6.45, 7) is 6.10. The van der Waals surface area contributed by atoms with Crippen LogP contribution < -0.4 is 11.1 Å². The molecule has 3 heteroatoms. The van der Waals surface area contributed by atoms with E-state index in [-0.39, 0.29) is 5.91 Å². The maximum absolute atomic E-state index is 12.2. The van der Waals surface area contributed by atoms with Crippen LogP contribution in [0.15, 0.2) is 36.4 Å². The number of para-hydroxylation sites is 1. The van der Waals surface area contributed by atoms with Gasteiger partial charge in [-0.05, 0) is 55.0 Å². The van der Waals surface area contributed by atoms with Crippen molar-refractivity contribution in [3.05, 3.63) is 58.7 Å². The quantitative estimate of drug-likeness (QED) is 0.819. The third-order valence-electron chi connectivity index (χ3n) is 3.99. The number of nitrogen functional groups attached to an aromatic ring is 1. The fourth-order valence-corrected chi connectivity index (χ4v) is 2.51. The topological polar surface area (TPSA) is 55.1 Å². The molecule has 1 amide bonds. The van der Waals surface area contributed by atoms with E-state index in [1.54, 1.807) is 0 Å². The van der Waals surface area contributed by atoms with Gasteiger partial charge in [0.25, 0.3) is 0 Å². The molecule has 2 aromatic rings. The van der Waals surface area contributed by atoms with Crippen molar-refractivity contribution < 1.29 is 4.79 Å². The van der Waals surface area contributed by atoms with E-state index in [1.165, 1.54) is 5.56 Å². The number of carbonyl (C=O) groups excluding carboxylic acids is 1. The first-order chi connectivity index (χ1) is 10.5. The van der Waals surface area contributed by atoms with Gasteiger partial charge in [0.05, 0.1) is 0 Å². The van der Waals surface area contributed by atoms with Crippen molar-refractivity contribution in [2.24, 2.45) is 0 Å². The van der Waals surface area contributed by atoms with Crippen LogP contribution in [0, 0.1) is 13.8 Å². The molecule has 0 aromatic heterocycles. The Balaban J connectivity index is 2.00. The highest BCUT2D eigenvalue weighted by Gasteiger charge is 2.09. The number of carbonyl (C=O) groups is 1. The van der Waals surface area contributed by atoms with Crippen molar-refractivity contribution in [2.75, 3.05) is 11.1 Å². The molecule has 3 N–H and O–H groups in total. The Kier molecular flexibility index (Phi) is 5.21. The van der Waals surface area contributed by atoms with Crippen LogP contribution in [0.3, 0.4) is 0 Å². The van der Waals surface area contributed by atoms with Gasteiger partial charge >= 0.3 is 0 Å². The van der Waals surface area contributed by atoms with Gasteiger partial charge in [0, 0.05) is 17.8 Å². The number of rotatable bonds is 5. The summed E-state index contributed by atoms with van der Waals surface area (Å²) in [4.78, 5) is 12.2. The van der Waals surface area contributed by atoms with Gasteiger partial charge in [0.15, 0.2) is 0 Å². The van der Waals surface area contributed by atoms with Gasteiger partial charge < -0.3 is 11.1 Å². The van der Waals surface area contributed by atoms with Crippen LogP contribution in [0.25, 0.3) is 0 Å². The van der Waals surface area contributed by atoms with Crippen LogP contribution in [-0.2, 0) is 17.6 Å². The molecule has 0 aliphatic heterocycles. The van der Waals surface area contributed by atoms with E-state index >= 15 is 0 Å². The Hall–Kier alpha value is -2.29. The molecule has 0 unspecified atom stereocenters. The van der Waals surface area contributed by atoms with Crippen LogP contribution in [0.2, 0.25) is 0 Å². The van der Waals surface area contributed by atoms with E-state index in [2.05, 4.69) is 18.3 Å². The number of hydrogen-bond acceptors (Lipinski definition) is 2. The number of amides is 1. The van der Waals surface area contributed by atoms with E-state index in [0.29, 0.717) is 12.8 Å². The summed E-state index contributed by atoms with van der Waals surface area (Å²) >= 11 is 0. The van der Waals surface area contributed by atoms with Crippen molar-refractivity contribution in [1.82, 2.24) is 0 Å². The van der Waals surface area contributed by atoms with Gasteiger partial charge in [-0.25, -0.2) is 0 Å². The highest BCUT2D eigenvalue weighted by molar-refractivity contribution is 5.92. The molecule has 0 atom stereocenters. The Labute approximate surface area is 132 Å². The Morgan fingerprint density at radius 1 is 1.14 bits per heavy atom. The molecule has 0 aliphatic rings. The number of nitrogens with two attached hydrogens (primary N) is 1. The minimum Gasteiger partial charge on any atom is -0.399 e. The molecule has 0 heterocycles. The van der Waals surface area contributed by atoms with Crippen molar-refractivity contribution in [3.63, 3.8) is 0 Å². The van der Waals surface area contributed by atoms with E-state index < -0.39 is 0 Å². The number of hydrogen-bond donors (Lipinski definition) is 2. The molecule has 3 nitrogen and oxygen atoms in total. The fraction of sp³-hybridized carbons (Fsp3) is 0.316. The second-order valence-electron chi connectivity index (χ2n) is 5.70. The summed E-state index contributed by atoms with van der Waals surface area (Å²) in [5.41, 5.74) is 12.1. The molecule has 0 saturated heterocycles. The lowest BCUT2D eigenvalue weighted by Gasteiger charge is -2.13. The van der Waals surface area contributed by atoms with Gasteiger partial charge in [-0.2, -0.15) is 0 Å². The number of aryl methyl sites for hydroxylation is 4. The molecular formula is C19H24N2O. The first kappa shape index (κ1) is 16.1. The van der Waals surface area contributed by atoms with Crippen molar-refractivity contribution in [2.45, 2.75) is 40.0 Å². The summed E-state index contributed by atoms with van der Waals surface area (Å²) in [6.07, 6.45) is 2.06. The molecule has 0 bridgehead atoms. The minimum atomic E-state index is 0.0446. The first-order valence-corrected chi connectivity index (χ1v) is 7.74. The maximum Gasteiger partial charge on any atom is 0.224 e. The molecule has 0 spiro atoms. The molecule has 2 aromatic carbocycles. The summed E-state index contributed by atoms with van der Waals surface area (Å²) in [5, 5.41) is 3.06. The van der Waals surface area contributed by atoms with Crippen LogP contribution in [-0.4, -0.2) is 5.91 Å². The van der Waals surface area contributed by atoms with Crippen LogP contribution >= 0.6 is 0 Å². The van der Waals surface area contributed by atoms with Gasteiger partial charge in [-0.3, -0.25) is 4.79 Å². The molecule has 0 radical (unpaired) electrons. The highest BCUT2D eigenvalue weighted by atomic mass is 16.1. The standard InChI is InChI=1S/C19H24N2O/c1-4-16-7-5-6-14(3)19(16)21-18(22)11-10-15-9-8-13(2)17(20)12-15/h5-9,12H,4,10-11,20H2,1-3H3,(H,21,22). The molecule has 2 rings (SSSR count). The smallest absolute Gasteiger partial charge is 0.224 e. The zero-order valence-electron chi connectivity index (χ0n) is 13.6. The zero-order chi connectivity index (χ0) is 16.1. The van der Waals surface area contributed by atoms with Crippen molar-refractivity contribution in [1.29, 1.82) is 0 Å². The highest BCUT2D eigenvalue weighted by Crippen LogP contribution is 2.21. The van der Waals surface area contributed by atoms with E-state index in [1.807, 2.05) is 44.2 Å². The fourth-order valence-electron chi connectivity index (χ4n) is 2.51. The van der Waals surface area contributed by atoms with Crippen molar-refractivity contribution >= 4 is 17.3 Å². The average molecular weight is 296 g/mol. The third-order valence-corrected chi connectivity index (χ3v) is 3.99. The van der Waals surface area contributed by atoms with Crippen LogP contribution in [0.5, 0.6) is 0 Å². The first-order valence-electron chi connectivity index (χ1n) is 7.74. The maximum atomic E-state index is 12.2. The lowest BCUT2D eigenvalue weighted by Crippen LogP contribution is -2.14. The summed E-state index contributed by atoms with van der Waals surface area (Å²) in [7, 11) is 0. The largest absolute Gasteiger partial charge is 0.399 e. The molecule has 0 aliphatic carbocycles. The Morgan fingerprint density at radius 2 is 1.91 bits per heavy atom. The lowest BCUT2D eigenvalue weighted by molar-refractivity contribution is -0.116. The van der Waals surface area contributed by atoms with Crippen LogP contribution in [0.1, 0.15) is 35.6 Å². The summed E-state index contributed by atoms with van der Waals surface area (Å²) in [5.74, 6) is 0.0446. The number of benzene rings is 2. The van der Waals surface area contributed by atoms with E-state index in [9.17, 15) is 4.79 Å². The normalized spacial score (nSPS) is 10.5. The monoisotopic (exact) mass is 296 g/mol. The average Bonchev–Trinajstić information content (AvgIpc) is 2.50. The molecule has 22 heavy (non-hydrogen) atoms. The Morgan fingerprint density at radius 3 is 2.59 bits per heavy atom. The summed E-state index contributed by atoms with van der Waals surface area (Å²) < 4.78 is 0. The van der Waals surface area contributed by atoms with E-state index in [0.717, 1.165) is 34.5 Å². The minimum absolute atomic E-state index is 0.0446. The lowest BCUT2D eigenvalue weighted by atomic mass is 10.0. The second-order valence-corrected chi connectivity index (χ2v) is 5.70. The third kappa shape index (κ3) is 3.88. The number of anilines is 2. The van der Waals surface area contributed by atoms with Gasteiger partial charge in [0.1, 0.15) is 0 Å². The SMILES string of the molecule is CCc1cccc(C)c1NC(=O)CCc1ccc(C)c(N)c1. The molecule has 116 valence electrons. The van der Waals surface area contributed by atoms with E-state index in [4.69, 9.17) is 5.73 Å². The predicted octanol–water partition coefficient (Wildman–Crippen LogP) is 4.02. The van der Waals surface area contributed by atoms with Gasteiger partial charge in [-0.15, -0.1) is 0 Å². The zero-order valence-corrected chi connectivity index (χ0v) is 13.6. The molecule has 0 fully saturated rings. The van der Waals surface area contributed by atoms with Gasteiger partial charge in [0.2, 0.25) is 5.91 Å². The Bertz CT molecular complexity index is 677. The van der Waals surface area contributed by atoms with Crippen molar-refractivity contribution in [3.8, 4) is 0 Å². The molecular weight excluding hydrogens is 272 g/mol. The second kappa shape index (κ2) is 7.12. The summed E-state index contributed by atoms with van der Waals surface area (Å²) in [6, 6.07) is 12.1. The predicted molar refractivity (Wildman–Crippen MR) is 93.1 cm³/mol.